The van der Waals surface area contributed by atoms with Crippen molar-refractivity contribution in [3.05, 3.63) is 0 Å². The summed E-state index contributed by atoms with van der Waals surface area (Å²) in [5.74, 6) is 1.20. The van der Waals surface area contributed by atoms with Crippen molar-refractivity contribution in [2.75, 3.05) is 18.6 Å². The average Bonchev–Trinajstić information content (AvgIpc) is 1.61. The van der Waals surface area contributed by atoms with Crippen molar-refractivity contribution in [3.8, 4) is 0 Å². The van der Waals surface area contributed by atoms with E-state index in [9.17, 15) is 0 Å². The van der Waals surface area contributed by atoms with Crippen molar-refractivity contribution in [2.24, 2.45) is 0 Å². The maximum Gasteiger partial charge on any atom is 0.119 e. The summed E-state index contributed by atoms with van der Waals surface area (Å²) >= 11 is 1.85. The Bertz CT molecular complexity index is 19.5. The molecule has 0 aromatic rings. The Morgan fingerprint density at radius 3 is 2.50 bits per heavy atom. The zero-order valence-electron chi connectivity index (χ0n) is 4.11. The Labute approximate surface area is 43.3 Å². The Hall–Kier alpha value is 0.310. The van der Waals surface area contributed by atoms with E-state index in [1.165, 1.54) is 5.75 Å². The molecule has 0 saturated heterocycles. The summed E-state index contributed by atoms with van der Waals surface area (Å²) in [5, 5.41) is 0. The zero-order valence-corrected chi connectivity index (χ0v) is 4.92. The second kappa shape index (κ2) is 5.31. The lowest BCUT2D eigenvalue weighted by Gasteiger charge is -1.83. The summed E-state index contributed by atoms with van der Waals surface area (Å²) in [6.45, 7) is 0.834. The number of hydrogen-bond donors (Lipinski definition) is 1. The van der Waals surface area contributed by atoms with E-state index >= 15 is 0 Å². The fraction of sp³-hybridized carbons (Fsp3) is 1.00. The smallest absolute Gasteiger partial charge is 0.119 e. The van der Waals surface area contributed by atoms with Crippen LogP contribution in [-0.4, -0.2) is 18.6 Å². The van der Waals surface area contributed by atoms with Gasteiger partial charge >= 0.3 is 0 Å². The molecule has 2 N–H and O–H groups in total. The highest BCUT2D eigenvalue weighted by Crippen LogP contribution is 1.90. The van der Waals surface area contributed by atoms with Crippen molar-refractivity contribution in [3.63, 3.8) is 0 Å². The third-order valence-corrected chi connectivity index (χ3v) is 1.25. The maximum absolute atomic E-state index is 5.20. The summed E-state index contributed by atoms with van der Waals surface area (Å²) in [4.78, 5) is 0. The number of rotatable bonds is 3. The van der Waals surface area contributed by atoms with Gasteiger partial charge in [0.1, 0.15) is 6.54 Å². The van der Waals surface area contributed by atoms with Crippen molar-refractivity contribution in [2.45, 2.75) is 6.42 Å². The summed E-state index contributed by atoms with van der Waals surface area (Å²) in [5.41, 5.74) is 5.20. The molecule has 2 heteroatoms. The van der Waals surface area contributed by atoms with Crippen molar-refractivity contribution < 1.29 is 5.73 Å². The lowest BCUT2D eigenvalue weighted by Crippen LogP contribution is -2.50. The number of nitrogens with two attached hydrogens (primary N) is 1. The predicted molar refractivity (Wildman–Crippen MR) is 29.8 cm³/mol. The molecule has 0 aromatic heterocycles. The molecule has 6 heavy (non-hydrogen) atoms. The van der Waals surface area contributed by atoms with E-state index in [4.69, 9.17) is 5.73 Å². The molecule has 0 amide bonds. The van der Waals surface area contributed by atoms with Gasteiger partial charge in [0.15, 0.2) is 0 Å². The van der Waals surface area contributed by atoms with Crippen LogP contribution >= 0.6 is 11.8 Å². The highest BCUT2D eigenvalue weighted by atomic mass is 32.2. The monoisotopic (exact) mass is 105 g/mol. The molecule has 0 saturated carbocycles. The minimum absolute atomic E-state index is 0.834. The molecule has 0 aliphatic carbocycles. The quantitative estimate of drug-likeness (QED) is 0.493. The van der Waals surface area contributed by atoms with Crippen LogP contribution in [0.1, 0.15) is 6.42 Å². The maximum atomic E-state index is 5.20. The minimum atomic E-state index is 0.834. The Morgan fingerprint density at radius 2 is 2.33 bits per heavy atom. The molecule has 1 nitrogen and oxygen atoms in total. The predicted octanol–water partition coefficient (Wildman–Crippen LogP) is -0.233. The Balaban J connectivity index is 2.34. The van der Waals surface area contributed by atoms with Crippen molar-refractivity contribution in [1.29, 1.82) is 0 Å². The minimum Gasteiger partial charge on any atom is -0.196 e. The largest absolute Gasteiger partial charge is 0.196 e. The molecule has 0 aromatic carbocycles. The van der Waals surface area contributed by atoms with Gasteiger partial charge in [0.05, 0.1) is 0 Å². The van der Waals surface area contributed by atoms with Gasteiger partial charge in [-0.1, -0.05) is 0 Å². The molecule has 0 rings (SSSR count). The molecule has 0 fully saturated rings. The van der Waals surface area contributed by atoms with E-state index in [1.54, 1.807) is 0 Å². The molecule has 0 unspecified atom stereocenters. The standard InChI is InChI=1S/C4H11NS/c1-6-4-2-3-5/h2-5H2,1H3/q+1. The molecular weight excluding hydrogens is 94.1 g/mol. The van der Waals surface area contributed by atoms with Crippen LogP contribution < -0.4 is 5.73 Å². The molecule has 0 atom stereocenters. The van der Waals surface area contributed by atoms with Gasteiger partial charge in [-0.25, -0.2) is 0 Å². The molecule has 0 heterocycles. The second-order valence-corrected chi connectivity index (χ2v) is 2.12. The van der Waals surface area contributed by atoms with E-state index in [0.717, 1.165) is 13.0 Å². The van der Waals surface area contributed by atoms with E-state index in [1.807, 2.05) is 11.8 Å². The zero-order chi connectivity index (χ0) is 4.83. The van der Waals surface area contributed by atoms with Crippen LogP contribution in [-0.2, 0) is 0 Å². The summed E-state index contributed by atoms with van der Waals surface area (Å²) in [6.07, 6.45) is 3.25. The highest BCUT2D eigenvalue weighted by Gasteiger charge is 1.79. The third-order valence-electron chi connectivity index (χ3n) is 0.553. The van der Waals surface area contributed by atoms with Crippen LogP contribution in [0.2, 0.25) is 0 Å². The van der Waals surface area contributed by atoms with E-state index < -0.39 is 0 Å². The highest BCUT2D eigenvalue weighted by molar-refractivity contribution is 7.98. The van der Waals surface area contributed by atoms with E-state index in [0.29, 0.717) is 0 Å². The topological polar surface area (TPSA) is 25.3 Å². The Morgan fingerprint density at radius 1 is 1.67 bits per heavy atom. The number of hydrogen-bond acceptors (Lipinski definition) is 2. The molecule has 37 valence electrons. The van der Waals surface area contributed by atoms with E-state index in [2.05, 4.69) is 6.26 Å². The third kappa shape index (κ3) is 4.31. The van der Waals surface area contributed by atoms with Gasteiger partial charge in [-0.05, 0) is 12.0 Å². The first-order valence-corrected chi connectivity index (χ1v) is 3.50. The van der Waals surface area contributed by atoms with Gasteiger partial charge in [0.25, 0.3) is 0 Å². The van der Waals surface area contributed by atoms with Gasteiger partial charge in [0.2, 0.25) is 0 Å². The Kier molecular flexibility index (Phi) is 5.58. The first-order valence-electron chi connectivity index (χ1n) is 2.11. The van der Waals surface area contributed by atoms with Crippen LogP contribution in [0.5, 0.6) is 0 Å². The second-order valence-electron chi connectivity index (χ2n) is 1.14. The summed E-state index contributed by atoms with van der Waals surface area (Å²) < 4.78 is 0. The van der Waals surface area contributed by atoms with Crippen molar-refractivity contribution in [1.82, 2.24) is 0 Å². The summed E-state index contributed by atoms with van der Waals surface area (Å²) in [7, 11) is 0. The fourth-order valence-electron chi connectivity index (χ4n) is 0.228. The van der Waals surface area contributed by atoms with Gasteiger partial charge in [0, 0.05) is 6.42 Å². The molecule has 0 spiro atoms. The molecular formula is C4H11NS+. The molecule has 1 radical (unpaired) electrons. The fourth-order valence-corrected chi connectivity index (χ4v) is 0.683. The van der Waals surface area contributed by atoms with Crippen LogP contribution in [0, 0.1) is 0 Å². The lowest BCUT2D eigenvalue weighted by atomic mass is 10.5. The van der Waals surface area contributed by atoms with Crippen LogP contribution in [0.15, 0.2) is 0 Å². The molecule has 0 bridgehead atoms. The van der Waals surface area contributed by atoms with E-state index in [-0.39, 0.29) is 0 Å². The SMILES string of the molecule is CSCCC[NH2+]. The first-order chi connectivity index (χ1) is 2.91. The van der Waals surface area contributed by atoms with Gasteiger partial charge in [-0.2, -0.15) is 17.5 Å². The van der Waals surface area contributed by atoms with Crippen LogP contribution in [0.4, 0.5) is 0 Å². The van der Waals surface area contributed by atoms with Crippen LogP contribution in [0.25, 0.3) is 0 Å². The summed E-state index contributed by atoms with van der Waals surface area (Å²) in [6, 6.07) is 0. The van der Waals surface area contributed by atoms with Gasteiger partial charge in [-0.3, -0.25) is 0 Å². The van der Waals surface area contributed by atoms with Gasteiger partial charge < -0.3 is 0 Å². The van der Waals surface area contributed by atoms with Crippen molar-refractivity contribution >= 4 is 11.8 Å². The lowest BCUT2D eigenvalue weighted by molar-refractivity contribution is -0.367. The van der Waals surface area contributed by atoms with Crippen LogP contribution in [0.3, 0.4) is 0 Å². The first kappa shape index (κ1) is 6.31. The normalized spacial score (nSPS) is 9.00. The van der Waals surface area contributed by atoms with Gasteiger partial charge in [-0.15, -0.1) is 0 Å². The number of thioether (sulfide) groups is 1. The molecule has 0 aliphatic rings. The average molecular weight is 105 g/mol. The molecule has 0 aliphatic heterocycles.